The highest BCUT2D eigenvalue weighted by atomic mass is 35.5. The molecular formula is C15H12ClN5O2. The van der Waals surface area contributed by atoms with E-state index < -0.39 is 5.91 Å². The van der Waals surface area contributed by atoms with Gasteiger partial charge in [0.15, 0.2) is 5.82 Å². The fourth-order valence-electron chi connectivity index (χ4n) is 1.83. The molecule has 3 rings (SSSR count). The van der Waals surface area contributed by atoms with Gasteiger partial charge in [0.25, 0.3) is 5.91 Å². The molecular weight excluding hydrogens is 318 g/mol. The van der Waals surface area contributed by atoms with Crippen molar-refractivity contribution in [1.82, 2.24) is 15.1 Å². The summed E-state index contributed by atoms with van der Waals surface area (Å²) in [7, 11) is 0. The smallest absolute Gasteiger partial charge is 0.277 e. The van der Waals surface area contributed by atoms with Crippen LogP contribution < -0.4 is 10.6 Å². The van der Waals surface area contributed by atoms with E-state index in [0.29, 0.717) is 22.4 Å². The van der Waals surface area contributed by atoms with Crippen LogP contribution in [0.15, 0.2) is 47.2 Å². The van der Waals surface area contributed by atoms with Crippen molar-refractivity contribution in [3.05, 3.63) is 59.2 Å². The molecule has 0 spiro atoms. The molecule has 0 radical (unpaired) electrons. The van der Waals surface area contributed by atoms with E-state index in [1.165, 1.54) is 12.4 Å². The van der Waals surface area contributed by atoms with E-state index in [4.69, 9.17) is 16.1 Å². The lowest BCUT2D eigenvalue weighted by Crippen LogP contribution is -2.14. The molecule has 0 saturated carbocycles. The third-order valence-electron chi connectivity index (χ3n) is 2.85. The number of hydrogen-bond donors (Lipinski definition) is 2. The minimum atomic E-state index is -0.417. The van der Waals surface area contributed by atoms with E-state index in [9.17, 15) is 4.79 Å². The molecule has 2 heterocycles. The van der Waals surface area contributed by atoms with Gasteiger partial charge in [0.2, 0.25) is 0 Å². The summed E-state index contributed by atoms with van der Waals surface area (Å²) < 4.78 is 4.87. The van der Waals surface area contributed by atoms with Crippen molar-refractivity contribution in [1.29, 1.82) is 0 Å². The molecule has 7 nitrogen and oxygen atoms in total. The highest BCUT2D eigenvalue weighted by molar-refractivity contribution is 6.30. The minimum Gasteiger partial charge on any atom is -0.360 e. The molecule has 0 bridgehead atoms. The van der Waals surface area contributed by atoms with Crippen LogP contribution in [0.5, 0.6) is 0 Å². The average molecular weight is 330 g/mol. The van der Waals surface area contributed by atoms with Gasteiger partial charge < -0.3 is 15.2 Å². The number of rotatable bonds is 4. The first kappa shape index (κ1) is 15.0. The quantitative estimate of drug-likeness (QED) is 0.761. The zero-order valence-electron chi connectivity index (χ0n) is 12.1. The molecule has 2 N–H and O–H groups in total. The molecule has 3 aromatic rings. The standard InChI is InChI=1S/C15H12ClN5O2/c1-9-5-13(21-23-9)20-15(22)12-7-18-14(8-17-12)19-11-4-2-3-10(16)6-11/h2-8H,1H3,(H,18,19)(H,20,21,22). The molecule has 0 unspecified atom stereocenters. The molecule has 23 heavy (non-hydrogen) atoms. The highest BCUT2D eigenvalue weighted by Gasteiger charge is 2.11. The number of nitrogens with one attached hydrogen (secondary N) is 2. The summed E-state index contributed by atoms with van der Waals surface area (Å²) in [6.45, 7) is 1.73. The summed E-state index contributed by atoms with van der Waals surface area (Å²) in [6, 6.07) is 8.82. The van der Waals surface area contributed by atoms with E-state index in [0.717, 1.165) is 5.69 Å². The van der Waals surface area contributed by atoms with E-state index in [1.807, 2.05) is 12.1 Å². The Morgan fingerprint density at radius 1 is 1.17 bits per heavy atom. The Morgan fingerprint density at radius 3 is 2.70 bits per heavy atom. The lowest BCUT2D eigenvalue weighted by Gasteiger charge is -2.06. The fraction of sp³-hybridized carbons (Fsp3) is 0.0667. The van der Waals surface area contributed by atoms with Gasteiger partial charge in [-0.05, 0) is 25.1 Å². The van der Waals surface area contributed by atoms with Gasteiger partial charge >= 0.3 is 0 Å². The second-order valence-corrected chi connectivity index (χ2v) is 5.14. The lowest BCUT2D eigenvalue weighted by atomic mass is 10.3. The van der Waals surface area contributed by atoms with Crippen LogP contribution >= 0.6 is 11.6 Å². The van der Waals surface area contributed by atoms with Gasteiger partial charge in [-0.3, -0.25) is 4.79 Å². The van der Waals surface area contributed by atoms with Crippen molar-refractivity contribution in [2.75, 3.05) is 10.6 Å². The summed E-state index contributed by atoms with van der Waals surface area (Å²) in [5.41, 5.74) is 0.948. The van der Waals surface area contributed by atoms with Gasteiger partial charge in [0.1, 0.15) is 17.3 Å². The Morgan fingerprint density at radius 2 is 2.04 bits per heavy atom. The zero-order chi connectivity index (χ0) is 16.2. The van der Waals surface area contributed by atoms with Crippen LogP contribution in [0, 0.1) is 6.92 Å². The predicted molar refractivity (Wildman–Crippen MR) is 86.0 cm³/mol. The van der Waals surface area contributed by atoms with Gasteiger partial charge in [0, 0.05) is 16.8 Å². The third kappa shape index (κ3) is 3.83. The monoisotopic (exact) mass is 329 g/mol. The highest BCUT2D eigenvalue weighted by Crippen LogP contribution is 2.18. The number of anilines is 3. The second-order valence-electron chi connectivity index (χ2n) is 4.70. The SMILES string of the molecule is Cc1cc(NC(=O)c2cnc(Nc3cccc(Cl)c3)cn2)no1. The van der Waals surface area contributed by atoms with Crippen molar-refractivity contribution >= 4 is 34.8 Å². The molecule has 116 valence electrons. The molecule has 1 aromatic carbocycles. The van der Waals surface area contributed by atoms with E-state index in [1.54, 1.807) is 25.1 Å². The summed E-state index contributed by atoms with van der Waals surface area (Å²) in [5.74, 6) is 1.02. The van der Waals surface area contributed by atoms with Crippen LogP contribution in [0.3, 0.4) is 0 Å². The summed E-state index contributed by atoms with van der Waals surface area (Å²) in [4.78, 5) is 20.2. The Bertz CT molecular complexity index is 832. The number of halogens is 1. The number of carbonyl (C=O) groups is 1. The van der Waals surface area contributed by atoms with Crippen molar-refractivity contribution in [3.63, 3.8) is 0 Å². The van der Waals surface area contributed by atoms with Crippen LogP contribution in [-0.2, 0) is 0 Å². The largest absolute Gasteiger partial charge is 0.360 e. The van der Waals surface area contributed by atoms with Crippen LogP contribution in [0.2, 0.25) is 5.02 Å². The van der Waals surface area contributed by atoms with Gasteiger partial charge in [0.05, 0.1) is 12.4 Å². The molecule has 0 aliphatic heterocycles. The Balaban J connectivity index is 1.68. The Hall–Kier alpha value is -2.93. The van der Waals surface area contributed by atoms with Crippen LogP contribution in [0.25, 0.3) is 0 Å². The molecule has 0 saturated heterocycles. The van der Waals surface area contributed by atoms with E-state index in [2.05, 4.69) is 25.8 Å². The maximum atomic E-state index is 12.0. The van der Waals surface area contributed by atoms with E-state index >= 15 is 0 Å². The Kier molecular flexibility index (Phi) is 4.20. The molecule has 0 atom stereocenters. The average Bonchev–Trinajstić information content (AvgIpc) is 2.93. The maximum absolute atomic E-state index is 12.0. The molecule has 1 amide bonds. The second kappa shape index (κ2) is 6.45. The lowest BCUT2D eigenvalue weighted by molar-refractivity contribution is 0.102. The Labute approximate surface area is 136 Å². The zero-order valence-corrected chi connectivity index (χ0v) is 12.8. The molecule has 2 aromatic heterocycles. The molecule has 0 aliphatic rings. The minimum absolute atomic E-state index is 0.169. The number of aryl methyl sites for hydroxylation is 1. The van der Waals surface area contributed by atoms with Crippen molar-refractivity contribution < 1.29 is 9.32 Å². The predicted octanol–water partition coefficient (Wildman–Crippen LogP) is 3.42. The summed E-state index contributed by atoms with van der Waals surface area (Å²) >= 11 is 5.91. The number of carbonyl (C=O) groups excluding carboxylic acids is 1. The van der Waals surface area contributed by atoms with Crippen LogP contribution in [0.4, 0.5) is 17.3 Å². The number of nitrogens with zero attached hydrogens (tertiary/aromatic N) is 3. The number of benzene rings is 1. The normalized spacial score (nSPS) is 10.3. The number of hydrogen-bond acceptors (Lipinski definition) is 6. The maximum Gasteiger partial charge on any atom is 0.277 e. The first-order valence-electron chi connectivity index (χ1n) is 6.69. The van der Waals surface area contributed by atoms with Crippen molar-refractivity contribution in [2.45, 2.75) is 6.92 Å². The first-order valence-corrected chi connectivity index (χ1v) is 7.07. The third-order valence-corrected chi connectivity index (χ3v) is 3.09. The molecule has 0 fully saturated rings. The van der Waals surface area contributed by atoms with Gasteiger partial charge in [-0.1, -0.05) is 22.8 Å². The first-order chi connectivity index (χ1) is 11.1. The van der Waals surface area contributed by atoms with Gasteiger partial charge in [-0.25, -0.2) is 9.97 Å². The summed E-state index contributed by atoms with van der Waals surface area (Å²) in [6.07, 6.45) is 2.83. The molecule has 8 heteroatoms. The van der Waals surface area contributed by atoms with Crippen LogP contribution in [0.1, 0.15) is 16.2 Å². The van der Waals surface area contributed by atoms with Crippen LogP contribution in [-0.4, -0.2) is 21.0 Å². The number of amides is 1. The molecule has 0 aliphatic carbocycles. The topological polar surface area (TPSA) is 92.9 Å². The van der Waals surface area contributed by atoms with E-state index in [-0.39, 0.29) is 5.69 Å². The van der Waals surface area contributed by atoms with Crippen molar-refractivity contribution in [3.8, 4) is 0 Å². The fourth-order valence-corrected chi connectivity index (χ4v) is 2.02. The van der Waals surface area contributed by atoms with Gasteiger partial charge in [-0.2, -0.15) is 0 Å². The summed E-state index contributed by atoms with van der Waals surface area (Å²) in [5, 5.41) is 9.91. The van der Waals surface area contributed by atoms with Gasteiger partial charge in [-0.15, -0.1) is 0 Å². The van der Waals surface area contributed by atoms with Crippen molar-refractivity contribution in [2.24, 2.45) is 0 Å². The number of aromatic nitrogens is 3.